The van der Waals surface area contributed by atoms with Gasteiger partial charge in [0.05, 0.1) is 16.0 Å². The highest BCUT2D eigenvalue weighted by atomic mass is 35.5. The van der Waals surface area contributed by atoms with Gasteiger partial charge < -0.3 is 10.4 Å². The Balaban J connectivity index is 2.96. The number of aliphatic hydroxyl groups excluding tert-OH is 1. The summed E-state index contributed by atoms with van der Waals surface area (Å²) in [6, 6.07) is 1.89. The van der Waals surface area contributed by atoms with E-state index in [1.54, 1.807) is 6.92 Å². The molecule has 1 unspecified atom stereocenters. The lowest BCUT2D eigenvalue weighted by atomic mass is 10.2. The molecule has 0 amide bonds. The molecule has 1 rings (SSSR count). The summed E-state index contributed by atoms with van der Waals surface area (Å²) in [4.78, 5) is 10.1. The highest BCUT2D eigenvalue weighted by Crippen LogP contribution is 2.30. The van der Waals surface area contributed by atoms with Crippen molar-refractivity contribution in [2.24, 2.45) is 0 Å². The Kier molecular flexibility index (Phi) is 4.65. The van der Waals surface area contributed by atoms with Crippen LogP contribution in [0, 0.1) is 15.9 Å². The number of halogens is 2. The topological polar surface area (TPSA) is 75.4 Å². The maximum Gasteiger partial charge on any atom is 0.294 e. The maximum absolute atomic E-state index is 13.2. The Bertz CT molecular complexity index is 428. The van der Waals surface area contributed by atoms with Gasteiger partial charge in [-0.3, -0.25) is 10.1 Å². The molecule has 0 aliphatic carbocycles. The molecule has 0 aliphatic heterocycles. The molecule has 0 saturated carbocycles. The number of rotatable bonds is 5. The zero-order valence-electron chi connectivity index (χ0n) is 9.11. The van der Waals surface area contributed by atoms with Crippen LogP contribution in [0.25, 0.3) is 0 Å². The lowest BCUT2D eigenvalue weighted by Gasteiger charge is -2.11. The molecule has 0 aliphatic rings. The van der Waals surface area contributed by atoms with Gasteiger partial charge in [-0.2, -0.15) is 0 Å². The third-order valence-electron chi connectivity index (χ3n) is 2.23. The molecule has 17 heavy (non-hydrogen) atoms. The van der Waals surface area contributed by atoms with E-state index in [-0.39, 0.29) is 22.9 Å². The van der Waals surface area contributed by atoms with Gasteiger partial charge in [0, 0.05) is 18.7 Å². The van der Waals surface area contributed by atoms with Crippen LogP contribution in [-0.4, -0.2) is 22.7 Å². The Morgan fingerprint density at radius 2 is 2.29 bits per heavy atom. The van der Waals surface area contributed by atoms with Crippen molar-refractivity contribution in [3.63, 3.8) is 0 Å². The molecule has 7 heteroatoms. The van der Waals surface area contributed by atoms with Crippen molar-refractivity contribution in [1.29, 1.82) is 0 Å². The molecule has 1 aromatic rings. The standard InChI is InChI=1S/C10H12ClFN2O3/c1-2-6(15)5-13-9-4-8(12)7(11)3-10(9)14(16)17/h3-4,6,13,15H,2,5H2,1H3. The van der Waals surface area contributed by atoms with Gasteiger partial charge in [0.25, 0.3) is 5.69 Å². The normalized spacial score (nSPS) is 12.2. The zero-order chi connectivity index (χ0) is 13.0. The van der Waals surface area contributed by atoms with Gasteiger partial charge in [-0.15, -0.1) is 0 Å². The molecule has 0 fully saturated rings. The first-order valence-corrected chi connectivity index (χ1v) is 5.38. The van der Waals surface area contributed by atoms with Crippen molar-refractivity contribution >= 4 is 23.0 Å². The molecule has 0 saturated heterocycles. The molecule has 0 aromatic heterocycles. The van der Waals surface area contributed by atoms with Crippen LogP contribution < -0.4 is 5.32 Å². The number of hydrogen-bond donors (Lipinski definition) is 2. The molecule has 5 nitrogen and oxygen atoms in total. The third kappa shape index (κ3) is 3.54. The fraction of sp³-hybridized carbons (Fsp3) is 0.400. The number of hydrogen-bond acceptors (Lipinski definition) is 4. The van der Waals surface area contributed by atoms with Crippen LogP contribution in [0.2, 0.25) is 5.02 Å². The Labute approximate surface area is 102 Å². The van der Waals surface area contributed by atoms with Crippen molar-refractivity contribution in [2.75, 3.05) is 11.9 Å². The quantitative estimate of drug-likeness (QED) is 0.632. The number of nitro benzene ring substituents is 1. The van der Waals surface area contributed by atoms with E-state index >= 15 is 0 Å². The second-order valence-electron chi connectivity index (χ2n) is 3.48. The lowest BCUT2D eigenvalue weighted by molar-refractivity contribution is -0.384. The van der Waals surface area contributed by atoms with Crippen LogP contribution in [0.1, 0.15) is 13.3 Å². The van der Waals surface area contributed by atoms with Crippen molar-refractivity contribution in [2.45, 2.75) is 19.4 Å². The lowest BCUT2D eigenvalue weighted by Crippen LogP contribution is -2.18. The first kappa shape index (κ1) is 13.7. The summed E-state index contributed by atoms with van der Waals surface area (Å²) >= 11 is 5.46. The van der Waals surface area contributed by atoms with Gasteiger partial charge in [0.15, 0.2) is 0 Å². The minimum atomic E-state index is -0.745. The number of anilines is 1. The van der Waals surface area contributed by atoms with E-state index in [0.717, 1.165) is 12.1 Å². The summed E-state index contributed by atoms with van der Waals surface area (Å²) in [6.45, 7) is 1.88. The second kappa shape index (κ2) is 5.79. The minimum absolute atomic E-state index is 0.00407. The molecular formula is C10H12ClFN2O3. The molecule has 94 valence electrons. The Morgan fingerprint density at radius 3 is 2.82 bits per heavy atom. The first-order valence-electron chi connectivity index (χ1n) is 5.01. The van der Waals surface area contributed by atoms with Gasteiger partial charge in [-0.25, -0.2) is 4.39 Å². The highest BCUT2D eigenvalue weighted by Gasteiger charge is 2.18. The number of nitro groups is 1. The van der Waals surface area contributed by atoms with E-state index in [1.807, 2.05) is 0 Å². The van der Waals surface area contributed by atoms with Crippen LogP contribution in [0.3, 0.4) is 0 Å². The van der Waals surface area contributed by atoms with E-state index in [2.05, 4.69) is 5.32 Å². The van der Waals surface area contributed by atoms with Gasteiger partial charge >= 0.3 is 0 Å². The molecule has 1 aromatic carbocycles. The van der Waals surface area contributed by atoms with Gasteiger partial charge in [-0.1, -0.05) is 18.5 Å². The van der Waals surface area contributed by atoms with Crippen LogP contribution in [-0.2, 0) is 0 Å². The van der Waals surface area contributed by atoms with Gasteiger partial charge in [0.1, 0.15) is 11.5 Å². The second-order valence-corrected chi connectivity index (χ2v) is 3.89. The largest absolute Gasteiger partial charge is 0.391 e. The van der Waals surface area contributed by atoms with Crippen LogP contribution in [0.4, 0.5) is 15.8 Å². The van der Waals surface area contributed by atoms with E-state index in [1.165, 1.54) is 0 Å². The average Bonchev–Trinajstić information content (AvgIpc) is 2.29. The minimum Gasteiger partial charge on any atom is -0.391 e. The summed E-state index contributed by atoms with van der Waals surface area (Å²) in [7, 11) is 0. The van der Waals surface area contributed by atoms with Crippen LogP contribution >= 0.6 is 11.6 Å². The SMILES string of the molecule is CCC(O)CNc1cc(F)c(Cl)cc1[N+](=O)[O-]. The van der Waals surface area contributed by atoms with E-state index in [0.29, 0.717) is 6.42 Å². The molecule has 0 radical (unpaired) electrons. The molecular weight excluding hydrogens is 251 g/mol. The summed E-state index contributed by atoms with van der Waals surface area (Å²) in [5.41, 5.74) is -0.316. The molecule has 1 atom stereocenters. The maximum atomic E-state index is 13.2. The smallest absolute Gasteiger partial charge is 0.294 e. The molecule has 0 heterocycles. The predicted octanol–water partition coefficient (Wildman–Crippen LogP) is 2.57. The fourth-order valence-corrected chi connectivity index (χ4v) is 1.36. The Hall–Kier alpha value is -1.40. The number of aliphatic hydroxyl groups is 1. The van der Waals surface area contributed by atoms with E-state index in [4.69, 9.17) is 11.6 Å². The Morgan fingerprint density at radius 1 is 1.65 bits per heavy atom. The summed E-state index contributed by atoms with van der Waals surface area (Å²) in [6.07, 6.45) is -0.148. The van der Waals surface area contributed by atoms with Crippen molar-refractivity contribution in [3.05, 3.63) is 33.1 Å². The monoisotopic (exact) mass is 262 g/mol. The van der Waals surface area contributed by atoms with Crippen LogP contribution in [0.15, 0.2) is 12.1 Å². The third-order valence-corrected chi connectivity index (χ3v) is 2.52. The zero-order valence-corrected chi connectivity index (χ0v) is 9.87. The van der Waals surface area contributed by atoms with E-state index < -0.39 is 16.8 Å². The number of nitrogens with zero attached hydrogens (tertiary/aromatic N) is 1. The van der Waals surface area contributed by atoms with Crippen LogP contribution in [0.5, 0.6) is 0 Å². The van der Waals surface area contributed by atoms with Crippen molar-refractivity contribution < 1.29 is 14.4 Å². The summed E-state index contributed by atoms with van der Waals surface area (Å²) < 4.78 is 13.2. The number of nitrogens with one attached hydrogen (secondary N) is 1. The summed E-state index contributed by atoms with van der Waals surface area (Å²) in [5.74, 6) is -0.745. The van der Waals surface area contributed by atoms with Crippen molar-refractivity contribution in [3.8, 4) is 0 Å². The number of benzene rings is 1. The van der Waals surface area contributed by atoms with E-state index in [9.17, 15) is 19.6 Å². The summed E-state index contributed by atoms with van der Waals surface area (Å²) in [5, 5.41) is 22.4. The van der Waals surface area contributed by atoms with Crippen molar-refractivity contribution in [1.82, 2.24) is 0 Å². The average molecular weight is 263 g/mol. The molecule has 0 bridgehead atoms. The first-order chi connectivity index (χ1) is 7.95. The van der Waals surface area contributed by atoms with Gasteiger partial charge in [-0.05, 0) is 6.42 Å². The molecule has 2 N–H and O–H groups in total. The predicted molar refractivity (Wildman–Crippen MR) is 62.9 cm³/mol. The highest BCUT2D eigenvalue weighted by molar-refractivity contribution is 6.31. The molecule has 0 spiro atoms. The fourth-order valence-electron chi connectivity index (χ4n) is 1.20. The van der Waals surface area contributed by atoms with Gasteiger partial charge in [0.2, 0.25) is 0 Å².